The lowest BCUT2D eigenvalue weighted by Gasteiger charge is -2.22. The maximum atomic E-state index is 13.4. The SMILES string of the molecule is NS(=O)(=O)c1ccc(NC(=O)COC(=O)c2c3c(nc4ccccc24)/C(=C\c2ccc(Cl)c(Cl)c2)CCC3)cc1. The number of hydrogen-bond acceptors (Lipinski definition) is 6. The average Bonchev–Trinajstić information content (AvgIpc) is 2.92. The first-order valence-corrected chi connectivity index (χ1v) is 14.6. The number of ether oxygens (including phenoxy) is 1. The molecule has 8 nitrogen and oxygen atoms in total. The van der Waals surface area contributed by atoms with Gasteiger partial charge in [-0.3, -0.25) is 4.79 Å². The number of carbonyl (C=O) groups excluding carboxylic acids is 2. The highest BCUT2D eigenvalue weighted by atomic mass is 35.5. The minimum absolute atomic E-state index is 0.0844. The van der Waals surface area contributed by atoms with Crippen molar-refractivity contribution in [2.75, 3.05) is 11.9 Å². The van der Waals surface area contributed by atoms with Gasteiger partial charge in [0, 0.05) is 11.1 Å². The van der Waals surface area contributed by atoms with E-state index in [2.05, 4.69) is 5.32 Å². The molecule has 1 amide bonds. The number of pyridine rings is 1. The highest BCUT2D eigenvalue weighted by Crippen LogP contribution is 2.37. The number of rotatable bonds is 6. The van der Waals surface area contributed by atoms with Crippen LogP contribution in [0.5, 0.6) is 0 Å². The number of anilines is 1. The summed E-state index contributed by atoms with van der Waals surface area (Å²) in [5.74, 6) is -1.21. The number of hydrogen-bond donors (Lipinski definition) is 2. The molecule has 0 spiro atoms. The van der Waals surface area contributed by atoms with E-state index in [0.717, 1.165) is 29.5 Å². The van der Waals surface area contributed by atoms with Gasteiger partial charge in [0.1, 0.15) is 0 Å². The molecule has 0 fully saturated rings. The Hall–Kier alpha value is -3.76. The molecule has 0 saturated heterocycles. The van der Waals surface area contributed by atoms with Crippen LogP contribution in [0.2, 0.25) is 10.0 Å². The fraction of sp³-hybridized carbons (Fsp3) is 0.138. The lowest BCUT2D eigenvalue weighted by Crippen LogP contribution is -2.22. The molecule has 0 saturated carbocycles. The normalized spacial score (nSPS) is 14.1. The summed E-state index contributed by atoms with van der Waals surface area (Å²) in [5, 5.41) is 9.23. The van der Waals surface area contributed by atoms with Gasteiger partial charge in [-0.05, 0) is 84.5 Å². The molecule has 0 radical (unpaired) electrons. The molecule has 11 heteroatoms. The van der Waals surface area contributed by atoms with Gasteiger partial charge in [-0.2, -0.15) is 0 Å². The molecule has 1 aliphatic rings. The number of esters is 1. The first kappa shape index (κ1) is 27.8. The van der Waals surface area contributed by atoms with E-state index in [-0.39, 0.29) is 4.90 Å². The van der Waals surface area contributed by atoms with Crippen molar-refractivity contribution in [2.45, 2.75) is 24.2 Å². The van der Waals surface area contributed by atoms with Crippen LogP contribution in [0.25, 0.3) is 22.6 Å². The number of para-hydroxylation sites is 1. The molecular formula is C29H23Cl2N3O5S. The lowest BCUT2D eigenvalue weighted by molar-refractivity contribution is -0.119. The van der Waals surface area contributed by atoms with E-state index >= 15 is 0 Å². The zero-order chi connectivity index (χ0) is 28.4. The summed E-state index contributed by atoms with van der Waals surface area (Å²) in [7, 11) is -3.85. The Labute approximate surface area is 240 Å². The Morgan fingerprint density at radius 1 is 1.00 bits per heavy atom. The van der Waals surface area contributed by atoms with Gasteiger partial charge in [0.15, 0.2) is 6.61 Å². The molecule has 0 unspecified atom stereocenters. The van der Waals surface area contributed by atoms with E-state index < -0.39 is 28.5 Å². The van der Waals surface area contributed by atoms with E-state index in [1.807, 2.05) is 36.4 Å². The van der Waals surface area contributed by atoms with Crippen molar-refractivity contribution in [1.29, 1.82) is 0 Å². The monoisotopic (exact) mass is 595 g/mol. The molecule has 1 aliphatic carbocycles. The minimum Gasteiger partial charge on any atom is -0.452 e. The summed E-state index contributed by atoms with van der Waals surface area (Å²) in [4.78, 5) is 30.7. The number of amides is 1. The summed E-state index contributed by atoms with van der Waals surface area (Å²) < 4.78 is 28.3. The van der Waals surface area contributed by atoms with Gasteiger partial charge < -0.3 is 10.1 Å². The molecular weight excluding hydrogens is 573 g/mol. The third-order valence-electron chi connectivity index (χ3n) is 6.46. The fourth-order valence-electron chi connectivity index (χ4n) is 4.64. The Morgan fingerprint density at radius 3 is 2.48 bits per heavy atom. The number of nitrogens with two attached hydrogens (primary N) is 1. The number of benzene rings is 3. The lowest BCUT2D eigenvalue weighted by atomic mass is 9.86. The quantitative estimate of drug-likeness (QED) is 0.268. The fourth-order valence-corrected chi connectivity index (χ4v) is 5.46. The first-order valence-electron chi connectivity index (χ1n) is 12.3. The molecule has 0 atom stereocenters. The highest BCUT2D eigenvalue weighted by molar-refractivity contribution is 7.89. The number of nitrogens with one attached hydrogen (secondary N) is 1. The van der Waals surface area contributed by atoms with E-state index in [4.69, 9.17) is 38.1 Å². The number of sulfonamides is 1. The van der Waals surface area contributed by atoms with Gasteiger partial charge >= 0.3 is 5.97 Å². The summed E-state index contributed by atoms with van der Waals surface area (Å²) in [5.41, 5.74) is 4.64. The molecule has 4 aromatic rings. The van der Waals surface area contributed by atoms with E-state index in [0.29, 0.717) is 44.3 Å². The zero-order valence-corrected chi connectivity index (χ0v) is 23.3. The van der Waals surface area contributed by atoms with Gasteiger partial charge in [-0.25, -0.2) is 23.3 Å². The molecule has 1 heterocycles. The highest BCUT2D eigenvalue weighted by Gasteiger charge is 2.26. The number of nitrogens with zero attached hydrogens (tertiary/aromatic N) is 1. The van der Waals surface area contributed by atoms with Crippen molar-refractivity contribution in [2.24, 2.45) is 5.14 Å². The second kappa shape index (κ2) is 11.4. The van der Waals surface area contributed by atoms with Crippen LogP contribution in [-0.4, -0.2) is 31.9 Å². The van der Waals surface area contributed by atoms with Crippen LogP contribution in [-0.2, 0) is 26.0 Å². The number of allylic oxidation sites excluding steroid dienone is 1. The largest absolute Gasteiger partial charge is 0.452 e. The zero-order valence-electron chi connectivity index (χ0n) is 21.0. The van der Waals surface area contributed by atoms with Crippen molar-refractivity contribution >= 4 is 73.3 Å². The van der Waals surface area contributed by atoms with Crippen LogP contribution in [0.1, 0.15) is 40.0 Å². The van der Waals surface area contributed by atoms with Crippen molar-refractivity contribution in [3.8, 4) is 0 Å². The molecule has 3 N–H and O–H groups in total. The number of primary sulfonamides is 1. The summed E-state index contributed by atoms with van der Waals surface area (Å²) >= 11 is 12.3. The Bertz CT molecular complexity index is 1790. The van der Waals surface area contributed by atoms with Crippen molar-refractivity contribution in [3.05, 3.63) is 99.2 Å². The molecule has 0 aliphatic heterocycles. The molecule has 40 heavy (non-hydrogen) atoms. The summed E-state index contributed by atoms with van der Waals surface area (Å²) in [6, 6.07) is 18.0. The minimum atomic E-state index is -3.85. The van der Waals surface area contributed by atoms with Crippen molar-refractivity contribution in [3.63, 3.8) is 0 Å². The number of aromatic nitrogens is 1. The van der Waals surface area contributed by atoms with E-state index in [1.54, 1.807) is 12.1 Å². The predicted octanol–water partition coefficient (Wildman–Crippen LogP) is 5.86. The van der Waals surface area contributed by atoms with Gasteiger partial charge in [-0.1, -0.05) is 47.5 Å². The predicted molar refractivity (Wildman–Crippen MR) is 156 cm³/mol. The molecule has 5 rings (SSSR count). The Balaban J connectivity index is 1.41. The van der Waals surface area contributed by atoms with Gasteiger partial charge in [0.05, 0.1) is 31.7 Å². The van der Waals surface area contributed by atoms with Gasteiger partial charge in [0.2, 0.25) is 10.0 Å². The second-order valence-electron chi connectivity index (χ2n) is 9.22. The van der Waals surface area contributed by atoms with Crippen molar-refractivity contribution < 1.29 is 22.7 Å². The first-order chi connectivity index (χ1) is 19.1. The smallest absolute Gasteiger partial charge is 0.339 e. The molecule has 1 aromatic heterocycles. The van der Waals surface area contributed by atoms with Crippen molar-refractivity contribution in [1.82, 2.24) is 4.98 Å². The van der Waals surface area contributed by atoms with Crippen LogP contribution in [0.3, 0.4) is 0 Å². The third kappa shape index (κ3) is 6.03. The average molecular weight is 596 g/mol. The maximum Gasteiger partial charge on any atom is 0.339 e. The topological polar surface area (TPSA) is 128 Å². The number of fused-ring (bicyclic) bond motifs is 2. The number of carbonyl (C=O) groups is 2. The Kier molecular flexibility index (Phi) is 7.91. The molecule has 204 valence electrons. The molecule has 0 bridgehead atoms. The standard InChI is InChI=1S/C29H23Cl2N3O5S/c30-23-13-8-17(15-24(23)31)14-18-4-3-6-22-27(21-5-1-2-7-25(21)34-28(18)22)29(36)39-16-26(35)33-19-9-11-20(12-10-19)40(32,37)38/h1-2,5,7-15H,3-4,6,16H2,(H,33,35)(H2,32,37,38)/b18-14-. The third-order valence-corrected chi connectivity index (χ3v) is 8.13. The van der Waals surface area contributed by atoms with Crippen LogP contribution in [0, 0.1) is 0 Å². The van der Waals surface area contributed by atoms with Crippen LogP contribution in [0.15, 0.2) is 71.6 Å². The second-order valence-corrected chi connectivity index (χ2v) is 11.6. The Morgan fingerprint density at radius 2 is 1.75 bits per heavy atom. The summed E-state index contributed by atoms with van der Waals surface area (Å²) in [6.45, 7) is -0.535. The van der Waals surface area contributed by atoms with Gasteiger partial charge in [-0.15, -0.1) is 0 Å². The molecule has 3 aromatic carbocycles. The summed E-state index contributed by atoms with van der Waals surface area (Å²) in [6.07, 6.45) is 4.18. The van der Waals surface area contributed by atoms with E-state index in [1.165, 1.54) is 24.3 Å². The number of halogens is 2. The van der Waals surface area contributed by atoms with E-state index in [9.17, 15) is 18.0 Å². The maximum absolute atomic E-state index is 13.4. The van der Waals surface area contributed by atoms with Crippen LogP contribution >= 0.6 is 23.2 Å². The van der Waals surface area contributed by atoms with Crippen LogP contribution in [0.4, 0.5) is 5.69 Å². The van der Waals surface area contributed by atoms with Gasteiger partial charge in [0.25, 0.3) is 5.91 Å². The van der Waals surface area contributed by atoms with Crippen LogP contribution < -0.4 is 10.5 Å².